The highest BCUT2D eigenvalue weighted by atomic mass is 16.6. The number of piperazine rings is 1. The third-order valence-corrected chi connectivity index (χ3v) is 5.30. The maximum absolute atomic E-state index is 12.3. The van der Waals surface area contributed by atoms with Crippen LogP contribution in [0.25, 0.3) is 10.8 Å². The molecule has 2 aromatic carbocycles. The summed E-state index contributed by atoms with van der Waals surface area (Å²) in [5.41, 5.74) is 1.30. The van der Waals surface area contributed by atoms with Crippen LogP contribution in [-0.2, 0) is 11.3 Å². The standard InChI is InChI=1S/C19H21N3O3/c23-19(17-12-18(17)22(24)25)21-10-8-20(9-11-21)13-15-6-3-5-14-4-1-2-7-16(14)15/h1-7,17-18H,8-13H2. The fraction of sp³-hybridized carbons (Fsp3) is 0.421. The van der Waals surface area contributed by atoms with Crippen molar-refractivity contribution in [2.45, 2.75) is 19.0 Å². The van der Waals surface area contributed by atoms with E-state index >= 15 is 0 Å². The highest BCUT2D eigenvalue weighted by Crippen LogP contribution is 2.35. The summed E-state index contributed by atoms with van der Waals surface area (Å²) in [5, 5.41) is 13.3. The van der Waals surface area contributed by atoms with E-state index in [0.717, 1.165) is 19.6 Å². The molecule has 6 heteroatoms. The molecule has 2 aromatic rings. The predicted molar refractivity (Wildman–Crippen MR) is 94.7 cm³/mol. The van der Waals surface area contributed by atoms with Crippen molar-refractivity contribution in [1.29, 1.82) is 0 Å². The van der Waals surface area contributed by atoms with E-state index in [9.17, 15) is 14.9 Å². The molecule has 2 fully saturated rings. The van der Waals surface area contributed by atoms with Gasteiger partial charge < -0.3 is 4.90 Å². The fourth-order valence-electron chi connectivity index (χ4n) is 3.71. The lowest BCUT2D eigenvalue weighted by atomic mass is 10.0. The third-order valence-electron chi connectivity index (χ3n) is 5.30. The first kappa shape index (κ1) is 16.0. The Labute approximate surface area is 146 Å². The van der Waals surface area contributed by atoms with Crippen molar-refractivity contribution in [2.75, 3.05) is 26.2 Å². The summed E-state index contributed by atoms with van der Waals surface area (Å²) < 4.78 is 0. The van der Waals surface area contributed by atoms with Gasteiger partial charge in [0.25, 0.3) is 0 Å². The molecule has 2 unspecified atom stereocenters. The number of carbonyl (C=O) groups is 1. The molecule has 130 valence electrons. The molecule has 0 N–H and O–H groups in total. The fourth-order valence-corrected chi connectivity index (χ4v) is 3.71. The Hall–Kier alpha value is -2.47. The first-order valence-electron chi connectivity index (χ1n) is 8.75. The van der Waals surface area contributed by atoms with Gasteiger partial charge >= 0.3 is 0 Å². The molecule has 1 amide bonds. The molecular formula is C19H21N3O3. The number of hydrogen-bond acceptors (Lipinski definition) is 4. The minimum Gasteiger partial charge on any atom is -0.340 e. The number of hydrogen-bond donors (Lipinski definition) is 0. The Morgan fingerprint density at radius 3 is 2.52 bits per heavy atom. The van der Waals surface area contributed by atoms with Crippen LogP contribution in [0.4, 0.5) is 0 Å². The second kappa shape index (κ2) is 6.44. The number of amides is 1. The van der Waals surface area contributed by atoms with Crippen molar-refractivity contribution in [1.82, 2.24) is 9.80 Å². The first-order valence-corrected chi connectivity index (χ1v) is 8.75. The van der Waals surface area contributed by atoms with Crippen LogP contribution in [0.15, 0.2) is 42.5 Å². The van der Waals surface area contributed by atoms with Gasteiger partial charge in [-0.05, 0) is 16.3 Å². The summed E-state index contributed by atoms with van der Waals surface area (Å²) in [7, 11) is 0. The summed E-state index contributed by atoms with van der Waals surface area (Å²) in [6, 6.07) is 14.1. The Morgan fingerprint density at radius 2 is 1.80 bits per heavy atom. The van der Waals surface area contributed by atoms with Gasteiger partial charge in [-0.25, -0.2) is 0 Å². The van der Waals surface area contributed by atoms with E-state index in [-0.39, 0.29) is 16.7 Å². The minimum atomic E-state index is -0.652. The van der Waals surface area contributed by atoms with Crippen LogP contribution in [0, 0.1) is 16.0 Å². The lowest BCUT2D eigenvalue weighted by molar-refractivity contribution is -0.497. The number of fused-ring (bicyclic) bond motifs is 1. The average molecular weight is 339 g/mol. The number of nitrogens with zero attached hydrogens (tertiary/aromatic N) is 3. The molecule has 0 aromatic heterocycles. The molecule has 1 aliphatic heterocycles. The predicted octanol–water partition coefficient (Wildman–Crippen LogP) is 2.15. The van der Waals surface area contributed by atoms with Gasteiger partial charge in [0.05, 0.1) is 0 Å². The number of nitro groups is 1. The lowest BCUT2D eigenvalue weighted by Crippen LogP contribution is -2.49. The lowest BCUT2D eigenvalue weighted by Gasteiger charge is -2.35. The maximum atomic E-state index is 12.3. The SMILES string of the molecule is O=C(C1CC1[N+](=O)[O-])N1CCN(Cc2cccc3ccccc23)CC1. The number of benzene rings is 2. The van der Waals surface area contributed by atoms with Crippen LogP contribution in [0.5, 0.6) is 0 Å². The van der Waals surface area contributed by atoms with Crippen molar-refractivity contribution in [3.05, 3.63) is 58.1 Å². The van der Waals surface area contributed by atoms with E-state index in [1.54, 1.807) is 4.90 Å². The Balaban J connectivity index is 1.36. The highest BCUT2D eigenvalue weighted by Gasteiger charge is 2.54. The maximum Gasteiger partial charge on any atom is 0.232 e. The Kier molecular flexibility index (Phi) is 4.13. The van der Waals surface area contributed by atoms with E-state index in [0.29, 0.717) is 19.5 Å². The van der Waals surface area contributed by atoms with Gasteiger partial charge in [0.2, 0.25) is 11.9 Å². The van der Waals surface area contributed by atoms with Gasteiger partial charge in [0.1, 0.15) is 5.92 Å². The second-order valence-corrected chi connectivity index (χ2v) is 6.93. The van der Waals surface area contributed by atoms with Crippen molar-refractivity contribution < 1.29 is 9.72 Å². The van der Waals surface area contributed by atoms with Crippen molar-refractivity contribution in [3.8, 4) is 0 Å². The van der Waals surface area contributed by atoms with Crippen LogP contribution in [0.1, 0.15) is 12.0 Å². The molecule has 1 saturated heterocycles. The van der Waals surface area contributed by atoms with Crippen molar-refractivity contribution >= 4 is 16.7 Å². The van der Waals surface area contributed by atoms with E-state index in [2.05, 4.69) is 41.3 Å². The molecule has 0 radical (unpaired) electrons. The monoisotopic (exact) mass is 339 g/mol. The second-order valence-electron chi connectivity index (χ2n) is 6.93. The van der Waals surface area contributed by atoms with E-state index in [4.69, 9.17) is 0 Å². The van der Waals surface area contributed by atoms with Gasteiger partial charge in [0, 0.05) is 44.1 Å². The molecule has 0 bridgehead atoms. The molecule has 2 atom stereocenters. The summed E-state index contributed by atoms with van der Waals surface area (Å²) in [4.78, 5) is 26.9. The average Bonchev–Trinajstić information content (AvgIpc) is 3.43. The van der Waals surface area contributed by atoms with Gasteiger partial charge in [-0.15, -0.1) is 0 Å². The molecular weight excluding hydrogens is 318 g/mol. The van der Waals surface area contributed by atoms with Crippen LogP contribution in [0.2, 0.25) is 0 Å². The molecule has 6 nitrogen and oxygen atoms in total. The van der Waals surface area contributed by atoms with Gasteiger partial charge in [-0.1, -0.05) is 42.5 Å². The number of rotatable bonds is 4. The van der Waals surface area contributed by atoms with Crippen molar-refractivity contribution in [2.24, 2.45) is 5.92 Å². The summed E-state index contributed by atoms with van der Waals surface area (Å²) in [5.74, 6) is -0.425. The van der Waals surface area contributed by atoms with Crippen LogP contribution < -0.4 is 0 Å². The van der Waals surface area contributed by atoms with Gasteiger partial charge in [0.15, 0.2) is 0 Å². The minimum absolute atomic E-state index is 0.0356. The van der Waals surface area contributed by atoms with Crippen molar-refractivity contribution in [3.63, 3.8) is 0 Å². The van der Waals surface area contributed by atoms with E-state index in [1.807, 2.05) is 6.07 Å². The van der Waals surface area contributed by atoms with E-state index < -0.39 is 6.04 Å². The normalized spacial score (nSPS) is 23.6. The van der Waals surface area contributed by atoms with Gasteiger partial charge in [-0.2, -0.15) is 0 Å². The highest BCUT2D eigenvalue weighted by molar-refractivity contribution is 5.85. The first-order chi connectivity index (χ1) is 12.1. The summed E-state index contributed by atoms with van der Waals surface area (Å²) in [6.07, 6.45) is 0.405. The molecule has 0 spiro atoms. The number of carbonyl (C=O) groups excluding carboxylic acids is 1. The zero-order valence-electron chi connectivity index (χ0n) is 14.0. The quantitative estimate of drug-likeness (QED) is 0.632. The molecule has 4 rings (SSSR count). The summed E-state index contributed by atoms with van der Waals surface area (Å²) in [6.45, 7) is 3.80. The zero-order chi connectivity index (χ0) is 17.4. The smallest absolute Gasteiger partial charge is 0.232 e. The van der Waals surface area contributed by atoms with E-state index in [1.165, 1.54) is 16.3 Å². The zero-order valence-corrected chi connectivity index (χ0v) is 14.0. The molecule has 1 heterocycles. The largest absolute Gasteiger partial charge is 0.340 e. The topological polar surface area (TPSA) is 66.7 Å². The Bertz CT molecular complexity index is 809. The molecule has 2 aliphatic rings. The molecule has 1 saturated carbocycles. The molecule has 1 aliphatic carbocycles. The summed E-state index contributed by atoms with van der Waals surface area (Å²) >= 11 is 0. The van der Waals surface area contributed by atoms with Crippen LogP contribution >= 0.6 is 0 Å². The van der Waals surface area contributed by atoms with Crippen LogP contribution in [-0.4, -0.2) is 52.9 Å². The Morgan fingerprint density at radius 1 is 1.08 bits per heavy atom. The third kappa shape index (κ3) is 3.22. The van der Waals surface area contributed by atoms with Crippen LogP contribution in [0.3, 0.4) is 0 Å². The van der Waals surface area contributed by atoms with Gasteiger partial charge in [-0.3, -0.25) is 19.8 Å². The molecule has 25 heavy (non-hydrogen) atoms.